The van der Waals surface area contributed by atoms with Crippen molar-refractivity contribution in [3.63, 3.8) is 0 Å². The molecule has 2 rings (SSSR count). The molecule has 1 aliphatic rings. The summed E-state index contributed by atoms with van der Waals surface area (Å²) in [5.74, 6) is 2.31. The monoisotopic (exact) mass is 278 g/mol. The zero-order chi connectivity index (χ0) is 14.4. The van der Waals surface area contributed by atoms with Gasteiger partial charge in [0.25, 0.3) is 0 Å². The van der Waals surface area contributed by atoms with E-state index in [0.717, 1.165) is 30.3 Å². The van der Waals surface area contributed by atoms with E-state index in [1.165, 1.54) is 5.57 Å². The molecule has 0 amide bonds. The van der Waals surface area contributed by atoms with Crippen LogP contribution in [0, 0.1) is 0 Å². The van der Waals surface area contributed by atoms with E-state index in [9.17, 15) is 0 Å². The lowest BCUT2D eigenvalue weighted by molar-refractivity contribution is 0.0813. The van der Waals surface area contributed by atoms with Crippen molar-refractivity contribution in [3.8, 4) is 17.2 Å². The van der Waals surface area contributed by atoms with Crippen molar-refractivity contribution in [2.45, 2.75) is 33.3 Å². The zero-order valence-corrected chi connectivity index (χ0v) is 12.3. The van der Waals surface area contributed by atoms with Crippen LogP contribution in [0.2, 0.25) is 0 Å². The molecular weight excluding hydrogens is 256 g/mol. The van der Waals surface area contributed by atoms with Crippen LogP contribution in [0.1, 0.15) is 27.2 Å². The van der Waals surface area contributed by atoms with E-state index in [4.69, 9.17) is 18.9 Å². The van der Waals surface area contributed by atoms with Crippen molar-refractivity contribution in [2.24, 2.45) is 0 Å². The molecule has 0 spiro atoms. The van der Waals surface area contributed by atoms with Gasteiger partial charge < -0.3 is 18.9 Å². The Morgan fingerprint density at radius 3 is 2.90 bits per heavy atom. The molecule has 0 saturated carbocycles. The van der Waals surface area contributed by atoms with Gasteiger partial charge >= 0.3 is 0 Å². The van der Waals surface area contributed by atoms with Crippen molar-refractivity contribution < 1.29 is 18.9 Å². The van der Waals surface area contributed by atoms with Gasteiger partial charge in [-0.05, 0) is 45.4 Å². The first-order valence-electron chi connectivity index (χ1n) is 6.95. The summed E-state index contributed by atoms with van der Waals surface area (Å²) in [4.78, 5) is 0. The number of hydrogen-bond donors (Lipinski definition) is 0. The molecule has 0 atom stereocenters. The van der Waals surface area contributed by atoms with E-state index < -0.39 is 0 Å². The minimum Gasteiger partial charge on any atom is -0.489 e. The van der Waals surface area contributed by atoms with Gasteiger partial charge in [-0.15, -0.1) is 0 Å². The minimum atomic E-state index is 0.285. The molecule has 0 N–H and O–H groups in total. The molecule has 1 aromatic rings. The number of fused-ring (bicyclic) bond motifs is 1. The van der Waals surface area contributed by atoms with E-state index in [2.05, 4.69) is 13.0 Å². The highest BCUT2D eigenvalue weighted by molar-refractivity contribution is 5.46. The Morgan fingerprint density at radius 1 is 1.30 bits per heavy atom. The van der Waals surface area contributed by atoms with Gasteiger partial charge in [0, 0.05) is 6.07 Å². The van der Waals surface area contributed by atoms with Crippen LogP contribution < -0.4 is 14.2 Å². The average molecular weight is 278 g/mol. The lowest BCUT2D eigenvalue weighted by atomic mass is 10.2. The van der Waals surface area contributed by atoms with Crippen molar-refractivity contribution in [2.75, 3.05) is 20.0 Å². The second-order valence-electron chi connectivity index (χ2n) is 5.05. The molecule has 0 aromatic heterocycles. The van der Waals surface area contributed by atoms with Crippen molar-refractivity contribution in [3.05, 3.63) is 29.8 Å². The summed E-state index contributed by atoms with van der Waals surface area (Å²) in [5, 5.41) is 0. The third-order valence-electron chi connectivity index (χ3n) is 2.97. The predicted molar refractivity (Wildman–Crippen MR) is 77.5 cm³/mol. The second-order valence-corrected chi connectivity index (χ2v) is 5.05. The summed E-state index contributed by atoms with van der Waals surface area (Å²) in [6.45, 7) is 7.76. The first-order chi connectivity index (χ1) is 9.65. The van der Waals surface area contributed by atoms with Gasteiger partial charge in [-0.25, -0.2) is 0 Å². The predicted octanol–water partition coefficient (Wildman–Crippen LogP) is 3.56. The number of ether oxygens (including phenoxy) is 4. The maximum absolute atomic E-state index is 5.68. The smallest absolute Gasteiger partial charge is 0.231 e. The zero-order valence-electron chi connectivity index (χ0n) is 12.3. The Balaban J connectivity index is 1.74. The van der Waals surface area contributed by atoms with Crippen LogP contribution in [0.3, 0.4) is 0 Å². The summed E-state index contributed by atoms with van der Waals surface area (Å²) in [7, 11) is 0. The van der Waals surface area contributed by atoms with Gasteiger partial charge in [0.15, 0.2) is 11.5 Å². The summed E-state index contributed by atoms with van der Waals surface area (Å²) in [6, 6.07) is 5.61. The molecule has 1 aromatic carbocycles. The molecule has 0 aliphatic carbocycles. The molecule has 4 heteroatoms. The van der Waals surface area contributed by atoms with Crippen LogP contribution in [-0.2, 0) is 4.74 Å². The molecule has 0 radical (unpaired) electrons. The second kappa shape index (κ2) is 7.20. The fraction of sp³-hybridized carbons (Fsp3) is 0.500. The fourth-order valence-corrected chi connectivity index (χ4v) is 1.80. The van der Waals surface area contributed by atoms with Crippen molar-refractivity contribution in [1.82, 2.24) is 0 Å². The molecule has 0 unspecified atom stereocenters. The molecule has 4 nitrogen and oxygen atoms in total. The first-order valence-corrected chi connectivity index (χ1v) is 6.95. The first kappa shape index (κ1) is 14.7. The maximum Gasteiger partial charge on any atom is 0.231 e. The average Bonchev–Trinajstić information content (AvgIpc) is 2.85. The fourth-order valence-electron chi connectivity index (χ4n) is 1.80. The Kier molecular flexibility index (Phi) is 5.30. The van der Waals surface area contributed by atoms with Gasteiger partial charge in [-0.2, -0.15) is 0 Å². The summed E-state index contributed by atoms with van der Waals surface area (Å²) in [6.07, 6.45) is 3.30. The van der Waals surface area contributed by atoms with E-state index >= 15 is 0 Å². The summed E-state index contributed by atoms with van der Waals surface area (Å²) >= 11 is 0. The van der Waals surface area contributed by atoms with Crippen LogP contribution >= 0.6 is 0 Å². The van der Waals surface area contributed by atoms with Crippen LogP contribution in [0.15, 0.2) is 29.8 Å². The van der Waals surface area contributed by atoms with Crippen LogP contribution in [0.4, 0.5) is 0 Å². The molecule has 0 saturated heterocycles. The molecule has 110 valence electrons. The third kappa shape index (κ3) is 4.46. The lowest BCUT2D eigenvalue weighted by Crippen LogP contribution is -2.04. The van der Waals surface area contributed by atoms with E-state index in [1.807, 2.05) is 32.0 Å². The largest absolute Gasteiger partial charge is 0.489 e. The quantitative estimate of drug-likeness (QED) is 0.715. The number of rotatable bonds is 7. The van der Waals surface area contributed by atoms with Crippen LogP contribution in [0.25, 0.3) is 0 Å². The molecule has 1 heterocycles. The minimum absolute atomic E-state index is 0.285. The standard InChI is InChI=1S/C16H22O4/c1-12(2)17-8-6-13(3)7-9-18-14-4-5-15-16(10-14)20-11-19-15/h4-5,7,10,12H,6,8-9,11H2,1-3H3. The highest BCUT2D eigenvalue weighted by Crippen LogP contribution is 2.35. The van der Waals surface area contributed by atoms with Gasteiger partial charge in [0.05, 0.1) is 12.7 Å². The molecule has 1 aliphatic heterocycles. The van der Waals surface area contributed by atoms with E-state index in [0.29, 0.717) is 6.61 Å². The normalized spacial score (nSPS) is 13.9. The van der Waals surface area contributed by atoms with Gasteiger partial charge in [0.2, 0.25) is 6.79 Å². The topological polar surface area (TPSA) is 36.9 Å². The molecule has 0 fully saturated rings. The van der Waals surface area contributed by atoms with Crippen molar-refractivity contribution in [1.29, 1.82) is 0 Å². The maximum atomic E-state index is 5.68. The van der Waals surface area contributed by atoms with E-state index in [1.54, 1.807) is 0 Å². The van der Waals surface area contributed by atoms with Crippen LogP contribution in [0.5, 0.6) is 17.2 Å². The Bertz CT molecular complexity index is 466. The highest BCUT2D eigenvalue weighted by atomic mass is 16.7. The molecular formula is C16H22O4. The summed E-state index contributed by atoms with van der Waals surface area (Å²) in [5.41, 5.74) is 1.27. The summed E-state index contributed by atoms with van der Waals surface area (Å²) < 4.78 is 21.8. The SMILES string of the molecule is CC(=CCOc1ccc2c(c1)OCO2)CCOC(C)C. The van der Waals surface area contributed by atoms with E-state index in [-0.39, 0.29) is 12.9 Å². The Morgan fingerprint density at radius 2 is 2.10 bits per heavy atom. The van der Waals surface area contributed by atoms with Gasteiger partial charge in [-0.3, -0.25) is 0 Å². The van der Waals surface area contributed by atoms with Gasteiger partial charge in [0.1, 0.15) is 12.4 Å². The number of benzene rings is 1. The number of hydrogen-bond acceptors (Lipinski definition) is 4. The molecule has 20 heavy (non-hydrogen) atoms. The third-order valence-corrected chi connectivity index (χ3v) is 2.97. The lowest BCUT2D eigenvalue weighted by Gasteiger charge is -2.08. The van der Waals surface area contributed by atoms with Crippen LogP contribution in [-0.4, -0.2) is 26.1 Å². The Labute approximate surface area is 120 Å². The highest BCUT2D eigenvalue weighted by Gasteiger charge is 2.13. The van der Waals surface area contributed by atoms with Crippen molar-refractivity contribution >= 4 is 0 Å². The Hall–Kier alpha value is -1.68. The van der Waals surface area contributed by atoms with Gasteiger partial charge in [-0.1, -0.05) is 5.57 Å². The molecule has 0 bridgehead atoms.